The lowest BCUT2D eigenvalue weighted by molar-refractivity contribution is -0.137. The second-order valence-corrected chi connectivity index (χ2v) is 3.79. The summed E-state index contributed by atoms with van der Waals surface area (Å²) in [5, 5.41) is 0. The van der Waals surface area contributed by atoms with Gasteiger partial charge in [0.1, 0.15) is 5.82 Å². The zero-order valence-electron chi connectivity index (χ0n) is 9.41. The second-order valence-electron chi connectivity index (χ2n) is 3.79. The van der Waals surface area contributed by atoms with Gasteiger partial charge in [-0.2, -0.15) is 13.2 Å². The maximum Gasteiger partial charge on any atom is 0.416 e. The maximum atomic E-state index is 13.2. The van der Waals surface area contributed by atoms with Crippen molar-refractivity contribution in [3.05, 3.63) is 65.2 Å². The SMILES string of the molecule is O=C(c1ccncc1)c1cc(F)cc(C(F)(F)F)c1. The maximum absolute atomic E-state index is 13.2. The van der Waals surface area contributed by atoms with Crippen molar-refractivity contribution >= 4 is 5.78 Å². The van der Waals surface area contributed by atoms with Gasteiger partial charge >= 0.3 is 6.18 Å². The number of carbonyl (C=O) groups excluding carboxylic acids is 1. The molecule has 2 nitrogen and oxygen atoms in total. The summed E-state index contributed by atoms with van der Waals surface area (Å²) in [6.07, 6.45) is -2.04. The molecule has 0 spiro atoms. The molecule has 0 amide bonds. The Hall–Kier alpha value is -2.24. The molecular formula is C13H7F4NO. The van der Waals surface area contributed by atoms with Crippen molar-refractivity contribution in [3.63, 3.8) is 0 Å². The Kier molecular flexibility index (Phi) is 3.33. The van der Waals surface area contributed by atoms with E-state index in [1.807, 2.05) is 0 Å². The highest BCUT2D eigenvalue weighted by atomic mass is 19.4. The number of halogens is 4. The normalized spacial score (nSPS) is 11.4. The molecule has 2 aromatic rings. The average Bonchev–Trinajstić information content (AvgIpc) is 2.37. The van der Waals surface area contributed by atoms with E-state index >= 15 is 0 Å². The minimum absolute atomic E-state index is 0.147. The summed E-state index contributed by atoms with van der Waals surface area (Å²) in [5.74, 6) is -1.79. The number of rotatable bonds is 2. The van der Waals surface area contributed by atoms with Crippen molar-refractivity contribution in [2.75, 3.05) is 0 Å². The number of ketones is 1. The molecule has 2 rings (SSSR count). The highest BCUT2D eigenvalue weighted by molar-refractivity contribution is 6.09. The van der Waals surface area contributed by atoms with E-state index in [0.29, 0.717) is 12.1 Å². The lowest BCUT2D eigenvalue weighted by Crippen LogP contribution is -2.09. The number of aromatic nitrogens is 1. The standard InChI is InChI=1S/C13H7F4NO/c14-11-6-9(5-10(7-11)13(15,16)17)12(19)8-1-3-18-4-2-8/h1-7H. The van der Waals surface area contributed by atoms with E-state index in [0.717, 1.165) is 6.07 Å². The van der Waals surface area contributed by atoms with Gasteiger partial charge in [-0.25, -0.2) is 4.39 Å². The van der Waals surface area contributed by atoms with Crippen LogP contribution in [0.15, 0.2) is 42.7 Å². The predicted molar refractivity (Wildman–Crippen MR) is 59.1 cm³/mol. The van der Waals surface area contributed by atoms with Crippen LogP contribution in [-0.4, -0.2) is 10.8 Å². The first kappa shape index (κ1) is 13.2. The summed E-state index contributed by atoms with van der Waals surface area (Å²) in [4.78, 5) is 15.6. The van der Waals surface area contributed by atoms with Crippen LogP contribution in [0.25, 0.3) is 0 Å². The molecule has 0 unspecified atom stereocenters. The Morgan fingerprint density at radius 3 is 2.21 bits per heavy atom. The fourth-order valence-corrected chi connectivity index (χ4v) is 1.55. The van der Waals surface area contributed by atoms with E-state index < -0.39 is 23.3 Å². The fourth-order valence-electron chi connectivity index (χ4n) is 1.55. The fraction of sp³-hybridized carbons (Fsp3) is 0.0769. The van der Waals surface area contributed by atoms with Gasteiger partial charge in [0.2, 0.25) is 0 Å². The second kappa shape index (κ2) is 4.79. The summed E-state index contributed by atoms with van der Waals surface area (Å²) in [6, 6.07) is 4.45. The third kappa shape index (κ3) is 2.96. The monoisotopic (exact) mass is 269 g/mol. The number of benzene rings is 1. The molecule has 0 aliphatic carbocycles. The van der Waals surface area contributed by atoms with Crippen LogP contribution in [0.4, 0.5) is 17.6 Å². The molecule has 0 fully saturated rings. The average molecular weight is 269 g/mol. The summed E-state index contributed by atoms with van der Waals surface area (Å²) in [7, 11) is 0. The highest BCUT2D eigenvalue weighted by Crippen LogP contribution is 2.30. The van der Waals surface area contributed by atoms with E-state index in [-0.39, 0.29) is 11.1 Å². The Bertz CT molecular complexity index is 608. The Morgan fingerprint density at radius 2 is 1.63 bits per heavy atom. The molecule has 0 radical (unpaired) electrons. The van der Waals surface area contributed by atoms with Crippen LogP contribution in [0.3, 0.4) is 0 Å². The summed E-state index contributed by atoms with van der Waals surface area (Å²) in [5.41, 5.74) is -1.39. The molecule has 0 aliphatic rings. The van der Waals surface area contributed by atoms with Crippen LogP contribution < -0.4 is 0 Å². The molecule has 1 aromatic heterocycles. The first-order valence-electron chi connectivity index (χ1n) is 5.20. The number of hydrogen-bond acceptors (Lipinski definition) is 2. The molecule has 0 N–H and O–H groups in total. The van der Waals surface area contributed by atoms with Crippen molar-refractivity contribution in [1.29, 1.82) is 0 Å². The third-order valence-corrected chi connectivity index (χ3v) is 2.43. The van der Waals surface area contributed by atoms with E-state index in [4.69, 9.17) is 0 Å². The molecular weight excluding hydrogens is 262 g/mol. The van der Waals surface area contributed by atoms with Crippen LogP contribution >= 0.6 is 0 Å². The Balaban J connectivity index is 2.46. The lowest BCUT2D eigenvalue weighted by Gasteiger charge is -2.09. The third-order valence-electron chi connectivity index (χ3n) is 2.43. The van der Waals surface area contributed by atoms with Crippen molar-refractivity contribution in [1.82, 2.24) is 4.98 Å². The topological polar surface area (TPSA) is 30.0 Å². The van der Waals surface area contributed by atoms with Crippen LogP contribution in [-0.2, 0) is 6.18 Å². The van der Waals surface area contributed by atoms with Crippen LogP contribution in [0.5, 0.6) is 0 Å². The van der Waals surface area contributed by atoms with Gasteiger partial charge in [-0.1, -0.05) is 0 Å². The van der Waals surface area contributed by atoms with Gasteiger partial charge in [-0.05, 0) is 30.3 Å². The van der Waals surface area contributed by atoms with E-state index in [1.165, 1.54) is 24.5 Å². The Labute approximate surface area is 105 Å². The molecule has 0 saturated heterocycles. The molecule has 98 valence electrons. The van der Waals surface area contributed by atoms with Crippen molar-refractivity contribution in [3.8, 4) is 0 Å². The molecule has 0 saturated carbocycles. The largest absolute Gasteiger partial charge is 0.416 e. The number of pyridine rings is 1. The zero-order valence-corrected chi connectivity index (χ0v) is 9.41. The van der Waals surface area contributed by atoms with Crippen LogP contribution in [0.1, 0.15) is 21.5 Å². The minimum atomic E-state index is -4.70. The molecule has 1 aromatic carbocycles. The minimum Gasteiger partial charge on any atom is -0.289 e. The van der Waals surface area contributed by atoms with Crippen molar-refractivity contribution in [2.45, 2.75) is 6.18 Å². The number of nitrogens with zero attached hydrogens (tertiary/aromatic N) is 1. The predicted octanol–water partition coefficient (Wildman–Crippen LogP) is 3.47. The number of carbonyl (C=O) groups is 1. The molecule has 6 heteroatoms. The zero-order chi connectivity index (χ0) is 14.0. The molecule has 1 heterocycles. The van der Waals surface area contributed by atoms with Gasteiger partial charge < -0.3 is 0 Å². The molecule has 0 bridgehead atoms. The highest BCUT2D eigenvalue weighted by Gasteiger charge is 2.32. The van der Waals surface area contributed by atoms with E-state index in [9.17, 15) is 22.4 Å². The number of hydrogen-bond donors (Lipinski definition) is 0. The molecule has 0 atom stereocenters. The summed E-state index contributed by atoms with van der Waals surface area (Å²) >= 11 is 0. The first-order valence-corrected chi connectivity index (χ1v) is 5.20. The van der Waals surface area contributed by atoms with Crippen LogP contribution in [0.2, 0.25) is 0 Å². The van der Waals surface area contributed by atoms with Gasteiger partial charge in [0, 0.05) is 23.5 Å². The summed E-state index contributed by atoms with van der Waals surface area (Å²) in [6.45, 7) is 0. The quantitative estimate of drug-likeness (QED) is 0.617. The van der Waals surface area contributed by atoms with E-state index in [1.54, 1.807) is 0 Å². The van der Waals surface area contributed by atoms with Gasteiger partial charge in [0.15, 0.2) is 5.78 Å². The smallest absolute Gasteiger partial charge is 0.289 e. The summed E-state index contributed by atoms with van der Waals surface area (Å²) < 4.78 is 50.7. The molecule has 19 heavy (non-hydrogen) atoms. The first-order chi connectivity index (χ1) is 8.88. The van der Waals surface area contributed by atoms with Crippen molar-refractivity contribution in [2.24, 2.45) is 0 Å². The van der Waals surface area contributed by atoms with Gasteiger partial charge in [0.05, 0.1) is 5.56 Å². The molecule has 0 aliphatic heterocycles. The lowest BCUT2D eigenvalue weighted by atomic mass is 10.0. The Morgan fingerprint density at radius 1 is 1.00 bits per heavy atom. The van der Waals surface area contributed by atoms with Gasteiger partial charge in [-0.15, -0.1) is 0 Å². The van der Waals surface area contributed by atoms with E-state index in [2.05, 4.69) is 4.98 Å². The number of alkyl halides is 3. The van der Waals surface area contributed by atoms with Crippen molar-refractivity contribution < 1.29 is 22.4 Å². The van der Waals surface area contributed by atoms with Gasteiger partial charge in [0.25, 0.3) is 0 Å². The van der Waals surface area contributed by atoms with Gasteiger partial charge in [-0.3, -0.25) is 9.78 Å². The van der Waals surface area contributed by atoms with Crippen LogP contribution in [0, 0.1) is 5.82 Å².